The van der Waals surface area contributed by atoms with E-state index in [-0.39, 0.29) is 6.04 Å². The largest absolute Gasteiger partial charge is 0.497 e. The Morgan fingerprint density at radius 3 is 2.79 bits per heavy atom. The molecule has 2 N–H and O–H groups in total. The molecule has 0 aliphatic rings. The number of aryl methyl sites for hydroxylation is 1. The molecule has 4 nitrogen and oxygen atoms in total. The lowest BCUT2D eigenvalue weighted by Gasteiger charge is -2.10. The highest BCUT2D eigenvalue weighted by atomic mass is 16.5. The molecule has 0 saturated carbocycles. The van der Waals surface area contributed by atoms with Crippen LogP contribution < -0.4 is 10.5 Å². The molecule has 1 aromatic heterocycles. The van der Waals surface area contributed by atoms with Crippen molar-refractivity contribution in [3.8, 4) is 5.75 Å². The Morgan fingerprint density at radius 1 is 1.37 bits per heavy atom. The molecule has 100 valence electrons. The van der Waals surface area contributed by atoms with E-state index in [1.54, 1.807) is 7.11 Å². The summed E-state index contributed by atoms with van der Waals surface area (Å²) in [5.41, 5.74) is 8.93. The summed E-state index contributed by atoms with van der Waals surface area (Å²) in [4.78, 5) is 8.89. The van der Waals surface area contributed by atoms with Crippen molar-refractivity contribution in [2.75, 3.05) is 7.11 Å². The van der Waals surface area contributed by atoms with Crippen LogP contribution in [0.1, 0.15) is 35.6 Å². The molecule has 0 fully saturated rings. The fraction of sp³-hybridized carbons (Fsp3) is 0.333. The number of nitrogens with two attached hydrogens (primary N) is 1. The third kappa shape index (κ3) is 3.29. The van der Waals surface area contributed by atoms with E-state index >= 15 is 0 Å². The van der Waals surface area contributed by atoms with Crippen LogP contribution in [0.4, 0.5) is 0 Å². The van der Waals surface area contributed by atoms with E-state index in [9.17, 15) is 0 Å². The van der Waals surface area contributed by atoms with Crippen molar-refractivity contribution in [2.45, 2.75) is 26.3 Å². The highest BCUT2D eigenvalue weighted by Gasteiger charge is 2.08. The van der Waals surface area contributed by atoms with Gasteiger partial charge in [-0.3, -0.25) is 0 Å². The van der Waals surface area contributed by atoms with E-state index < -0.39 is 0 Å². The molecule has 0 spiro atoms. The van der Waals surface area contributed by atoms with E-state index in [0.29, 0.717) is 6.42 Å². The second-order valence-corrected chi connectivity index (χ2v) is 4.64. The van der Waals surface area contributed by atoms with Crippen LogP contribution in [0.25, 0.3) is 0 Å². The van der Waals surface area contributed by atoms with Crippen LogP contribution in [-0.4, -0.2) is 17.1 Å². The summed E-state index contributed by atoms with van der Waals surface area (Å²) in [7, 11) is 1.66. The fourth-order valence-corrected chi connectivity index (χ4v) is 2.02. The number of hydrogen-bond acceptors (Lipinski definition) is 4. The zero-order valence-corrected chi connectivity index (χ0v) is 11.6. The average Bonchev–Trinajstić information content (AvgIpc) is 2.38. The van der Waals surface area contributed by atoms with E-state index in [4.69, 9.17) is 10.5 Å². The summed E-state index contributed by atoms with van der Waals surface area (Å²) in [5.74, 6) is 1.65. The van der Waals surface area contributed by atoms with Crippen molar-refractivity contribution in [3.05, 3.63) is 53.1 Å². The van der Waals surface area contributed by atoms with Crippen LogP contribution in [-0.2, 0) is 6.42 Å². The van der Waals surface area contributed by atoms with Crippen molar-refractivity contribution >= 4 is 0 Å². The van der Waals surface area contributed by atoms with Gasteiger partial charge >= 0.3 is 0 Å². The van der Waals surface area contributed by atoms with Gasteiger partial charge in [-0.05, 0) is 31.5 Å². The molecular formula is C15H19N3O. The summed E-state index contributed by atoms with van der Waals surface area (Å²) in [5, 5.41) is 0. The van der Waals surface area contributed by atoms with Crippen LogP contribution in [0.5, 0.6) is 5.75 Å². The molecule has 1 heterocycles. The van der Waals surface area contributed by atoms with Gasteiger partial charge in [0, 0.05) is 29.9 Å². The molecule has 1 atom stereocenters. The van der Waals surface area contributed by atoms with Crippen molar-refractivity contribution in [2.24, 2.45) is 5.73 Å². The molecule has 0 aliphatic carbocycles. The Morgan fingerprint density at radius 2 is 2.16 bits per heavy atom. The van der Waals surface area contributed by atoms with Crippen LogP contribution in [0, 0.1) is 6.92 Å². The molecule has 2 rings (SSSR count). The molecule has 0 amide bonds. The minimum Gasteiger partial charge on any atom is -0.497 e. The van der Waals surface area contributed by atoms with Crippen molar-refractivity contribution < 1.29 is 4.74 Å². The van der Waals surface area contributed by atoms with Crippen LogP contribution in [0.15, 0.2) is 30.5 Å². The lowest BCUT2D eigenvalue weighted by Crippen LogP contribution is -2.10. The summed E-state index contributed by atoms with van der Waals surface area (Å²) in [6.45, 7) is 3.91. The molecule has 19 heavy (non-hydrogen) atoms. The number of hydrogen-bond donors (Lipinski definition) is 1. The molecule has 0 unspecified atom stereocenters. The number of ether oxygens (including phenoxy) is 1. The first-order valence-electron chi connectivity index (χ1n) is 6.31. The van der Waals surface area contributed by atoms with Gasteiger partial charge in [0.1, 0.15) is 11.6 Å². The van der Waals surface area contributed by atoms with Gasteiger partial charge in [0.05, 0.1) is 7.11 Å². The maximum atomic E-state index is 5.86. The van der Waals surface area contributed by atoms with E-state index in [0.717, 1.165) is 28.4 Å². The first-order valence-corrected chi connectivity index (χ1v) is 6.31. The van der Waals surface area contributed by atoms with E-state index in [1.165, 1.54) is 0 Å². The predicted octanol–water partition coefficient (Wildman–Crippen LogP) is 2.40. The molecule has 4 heteroatoms. The van der Waals surface area contributed by atoms with Gasteiger partial charge in [-0.15, -0.1) is 0 Å². The van der Waals surface area contributed by atoms with Gasteiger partial charge in [0.15, 0.2) is 0 Å². The van der Waals surface area contributed by atoms with E-state index in [1.807, 2.05) is 44.3 Å². The number of nitrogens with zero attached hydrogens (tertiary/aromatic N) is 2. The Kier molecular flexibility index (Phi) is 4.12. The van der Waals surface area contributed by atoms with Gasteiger partial charge in [-0.2, -0.15) is 0 Å². The maximum absolute atomic E-state index is 5.86. The van der Waals surface area contributed by atoms with Crippen LogP contribution in [0.2, 0.25) is 0 Å². The van der Waals surface area contributed by atoms with Crippen molar-refractivity contribution in [1.82, 2.24) is 9.97 Å². The maximum Gasteiger partial charge on any atom is 0.132 e. The number of benzene rings is 1. The molecule has 0 saturated heterocycles. The van der Waals surface area contributed by atoms with Crippen molar-refractivity contribution in [3.63, 3.8) is 0 Å². The standard InChI is InChI=1S/C15H19N3O/c1-10(16)14-9-17-15(18-11(14)2)8-12-5-4-6-13(7-12)19-3/h4-7,9-10H,8,16H2,1-3H3/t10-/m1/s1. The third-order valence-corrected chi connectivity index (χ3v) is 3.05. The number of rotatable bonds is 4. The zero-order chi connectivity index (χ0) is 13.8. The average molecular weight is 257 g/mol. The molecule has 2 aromatic rings. The van der Waals surface area contributed by atoms with Gasteiger partial charge in [-0.1, -0.05) is 12.1 Å². The third-order valence-electron chi connectivity index (χ3n) is 3.05. The Hall–Kier alpha value is -1.94. The molecule has 0 radical (unpaired) electrons. The molecule has 1 aromatic carbocycles. The van der Waals surface area contributed by atoms with E-state index in [2.05, 4.69) is 9.97 Å². The van der Waals surface area contributed by atoms with Gasteiger partial charge in [0.2, 0.25) is 0 Å². The van der Waals surface area contributed by atoms with Gasteiger partial charge in [-0.25, -0.2) is 9.97 Å². The quantitative estimate of drug-likeness (QED) is 0.913. The first-order chi connectivity index (χ1) is 9.10. The van der Waals surface area contributed by atoms with Gasteiger partial charge < -0.3 is 10.5 Å². The zero-order valence-electron chi connectivity index (χ0n) is 11.6. The topological polar surface area (TPSA) is 61.0 Å². The Bertz CT molecular complexity index is 567. The molecular weight excluding hydrogens is 238 g/mol. The molecule has 0 bridgehead atoms. The fourth-order valence-electron chi connectivity index (χ4n) is 2.02. The molecule has 0 aliphatic heterocycles. The smallest absolute Gasteiger partial charge is 0.132 e. The Labute approximate surface area is 113 Å². The van der Waals surface area contributed by atoms with Gasteiger partial charge in [0.25, 0.3) is 0 Å². The lowest BCUT2D eigenvalue weighted by molar-refractivity contribution is 0.414. The highest BCUT2D eigenvalue weighted by Crippen LogP contribution is 2.16. The highest BCUT2D eigenvalue weighted by molar-refractivity contribution is 5.30. The minimum atomic E-state index is -0.0362. The van der Waals surface area contributed by atoms with Crippen molar-refractivity contribution in [1.29, 1.82) is 0 Å². The lowest BCUT2D eigenvalue weighted by atomic mass is 10.1. The summed E-state index contributed by atoms with van der Waals surface area (Å²) in [6, 6.07) is 7.90. The van der Waals surface area contributed by atoms with Crippen LogP contribution >= 0.6 is 0 Å². The minimum absolute atomic E-state index is 0.0362. The second-order valence-electron chi connectivity index (χ2n) is 4.64. The predicted molar refractivity (Wildman–Crippen MR) is 75.2 cm³/mol. The summed E-state index contributed by atoms with van der Waals surface area (Å²) >= 11 is 0. The summed E-state index contributed by atoms with van der Waals surface area (Å²) < 4.78 is 5.21. The SMILES string of the molecule is COc1cccc(Cc2ncc([C@@H](C)N)c(C)n2)c1. The number of methoxy groups -OCH3 is 1. The summed E-state index contributed by atoms with van der Waals surface area (Å²) in [6.07, 6.45) is 2.51. The van der Waals surface area contributed by atoms with Crippen LogP contribution in [0.3, 0.4) is 0 Å². The Balaban J connectivity index is 2.21. The second kappa shape index (κ2) is 5.80. The normalized spacial score (nSPS) is 12.2. The first kappa shape index (κ1) is 13.5. The monoisotopic (exact) mass is 257 g/mol. The number of aromatic nitrogens is 2.